The predicted molar refractivity (Wildman–Crippen MR) is 118 cm³/mol. The Kier molecular flexibility index (Phi) is 7.01. The van der Waals surface area contributed by atoms with E-state index < -0.39 is 55.8 Å². The van der Waals surface area contributed by atoms with Crippen molar-refractivity contribution in [1.82, 2.24) is 0 Å². The molecule has 34 heavy (non-hydrogen) atoms. The molecule has 172 valence electrons. The molecular formula is C22H14F2N4O6. The van der Waals surface area contributed by atoms with Crippen molar-refractivity contribution < 1.29 is 28.2 Å². The summed E-state index contributed by atoms with van der Waals surface area (Å²) in [5, 5.41) is 26.8. The van der Waals surface area contributed by atoms with E-state index in [1.807, 2.05) is 0 Å². The number of benzene rings is 3. The lowest BCUT2D eigenvalue weighted by Gasteiger charge is -2.11. The molecule has 0 spiro atoms. The minimum Gasteiger partial charge on any atom is -0.316 e. The molecule has 0 fully saturated rings. The third-order valence-electron chi connectivity index (χ3n) is 4.47. The maximum atomic E-state index is 14.2. The second kappa shape index (κ2) is 10.1. The van der Waals surface area contributed by atoms with E-state index in [-0.39, 0.29) is 11.4 Å². The van der Waals surface area contributed by atoms with Crippen LogP contribution in [0, 0.1) is 31.9 Å². The Morgan fingerprint density at radius 2 is 1.21 bits per heavy atom. The molecule has 3 rings (SSSR count). The first-order valence-corrected chi connectivity index (χ1v) is 9.44. The van der Waals surface area contributed by atoms with Crippen molar-refractivity contribution in [2.24, 2.45) is 0 Å². The maximum Gasteiger partial charge on any atom is 0.292 e. The van der Waals surface area contributed by atoms with Crippen LogP contribution in [0.25, 0.3) is 6.08 Å². The average Bonchev–Trinajstić information content (AvgIpc) is 2.80. The van der Waals surface area contributed by atoms with E-state index in [2.05, 4.69) is 10.6 Å². The zero-order valence-electron chi connectivity index (χ0n) is 17.0. The van der Waals surface area contributed by atoms with Gasteiger partial charge < -0.3 is 10.6 Å². The summed E-state index contributed by atoms with van der Waals surface area (Å²) in [7, 11) is 0. The van der Waals surface area contributed by atoms with Crippen molar-refractivity contribution in [2.45, 2.75) is 0 Å². The zero-order chi connectivity index (χ0) is 24.8. The Morgan fingerprint density at radius 3 is 1.68 bits per heavy atom. The summed E-state index contributed by atoms with van der Waals surface area (Å²) in [6.45, 7) is 0. The molecular weight excluding hydrogens is 454 g/mol. The smallest absolute Gasteiger partial charge is 0.292 e. The molecule has 0 aliphatic carbocycles. The minimum absolute atomic E-state index is 0.262. The van der Waals surface area contributed by atoms with Crippen LogP contribution in [0.3, 0.4) is 0 Å². The van der Waals surface area contributed by atoms with E-state index in [1.165, 1.54) is 36.4 Å². The standard InChI is InChI=1S/C22H14F2N4O6/c23-15-7-5-6-13(20(15)24)12-14(21(29)25-16-8-1-3-10-18(16)27(31)32)22(30)26-17-9-2-4-11-19(17)28(33)34/h1-12H,(H,25,29)(H,26,30). The highest BCUT2D eigenvalue weighted by molar-refractivity contribution is 6.29. The summed E-state index contributed by atoms with van der Waals surface area (Å²) in [4.78, 5) is 46.8. The molecule has 2 amide bonds. The molecule has 10 nitrogen and oxygen atoms in total. The van der Waals surface area contributed by atoms with E-state index in [1.54, 1.807) is 0 Å². The third-order valence-corrected chi connectivity index (χ3v) is 4.47. The van der Waals surface area contributed by atoms with Crippen LogP contribution in [-0.2, 0) is 9.59 Å². The number of nitro benzene ring substituents is 2. The highest BCUT2D eigenvalue weighted by Gasteiger charge is 2.25. The molecule has 3 aromatic carbocycles. The first-order valence-electron chi connectivity index (χ1n) is 9.44. The zero-order valence-corrected chi connectivity index (χ0v) is 17.0. The van der Waals surface area contributed by atoms with Crippen LogP contribution in [0.5, 0.6) is 0 Å². The number of hydrogen-bond donors (Lipinski definition) is 2. The summed E-state index contributed by atoms with van der Waals surface area (Å²) in [6, 6.07) is 13.2. The summed E-state index contributed by atoms with van der Waals surface area (Å²) in [5.74, 6) is -4.99. The maximum absolute atomic E-state index is 14.2. The Hall–Kier alpha value is -5.00. The van der Waals surface area contributed by atoms with Gasteiger partial charge in [-0.2, -0.15) is 0 Å². The predicted octanol–water partition coefficient (Wildman–Crippen LogP) is 4.44. The fraction of sp³-hybridized carbons (Fsp3) is 0. The molecule has 0 radical (unpaired) electrons. The topological polar surface area (TPSA) is 144 Å². The molecule has 0 bridgehead atoms. The SMILES string of the molecule is O=C(Nc1ccccc1[N+](=O)[O-])C(=Cc1cccc(F)c1F)C(=O)Nc1ccccc1[N+](=O)[O-]. The van der Waals surface area contributed by atoms with Crippen LogP contribution in [0.15, 0.2) is 72.3 Å². The van der Waals surface area contributed by atoms with E-state index in [4.69, 9.17) is 0 Å². The van der Waals surface area contributed by atoms with Crippen molar-refractivity contribution in [1.29, 1.82) is 0 Å². The Morgan fingerprint density at radius 1 is 0.735 bits per heavy atom. The van der Waals surface area contributed by atoms with Gasteiger partial charge in [-0.1, -0.05) is 36.4 Å². The van der Waals surface area contributed by atoms with Crippen LogP contribution in [0.2, 0.25) is 0 Å². The number of nitrogens with zero attached hydrogens (tertiary/aromatic N) is 2. The summed E-state index contributed by atoms with van der Waals surface area (Å²) < 4.78 is 27.9. The lowest BCUT2D eigenvalue weighted by Crippen LogP contribution is -2.26. The molecule has 0 aromatic heterocycles. The van der Waals surface area contributed by atoms with Gasteiger partial charge in [0.05, 0.1) is 9.85 Å². The molecule has 0 aliphatic heterocycles. The number of nitrogens with one attached hydrogen (secondary N) is 2. The Bertz CT molecular complexity index is 1270. The normalized spacial score (nSPS) is 10.2. The molecule has 0 aliphatic rings. The lowest BCUT2D eigenvalue weighted by atomic mass is 10.1. The molecule has 0 atom stereocenters. The van der Waals surface area contributed by atoms with Gasteiger partial charge >= 0.3 is 0 Å². The van der Waals surface area contributed by atoms with E-state index in [9.17, 15) is 38.6 Å². The van der Waals surface area contributed by atoms with Crippen molar-refractivity contribution >= 4 is 40.6 Å². The summed E-state index contributed by atoms with van der Waals surface area (Å²) >= 11 is 0. The van der Waals surface area contributed by atoms with Crippen LogP contribution >= 0.6 is 0 Å². The first-order chi connectivity index (χ1) is 16.2. The monoisotopic (exact) mass is 468 g/mol. The van der Waals surface area contributed by atoms with Crippen molar-refractivity contribution in [3.63, 3.8) is 0 Å². The largest absolute Gasteiger partial charge is 0.316 e. The molecule has 3 aromatic rings. The Balaban J connectivity index is 2.04. The average molecular weight is 468 g/mol. The van der Waals surface area contributed by atoms with Gasteiger partial charge in [0.15, 0.2) is 11.6 Å². The van der Waals surface area contributed by atoms with Crippen LogP contribution in [0.1, 0.15) is 5.56 Å². The van der Waals surface area contributed by atoms with Gasteiger partial charge in [-0.05, 0) is 24.3 Å². The summed E-state index contributed by atoms with van der Waals surface area (Å²) in [5.41, 5.74) is -2.74. The highest BCUT2D eigenvalue weighted by Crippen LogP contribution is 2.26. The first kappa shape index (κ1) is 23.7. The number of anilines is 2. The van der Waals surface area contributed by atoms with E-state index in [0.29, 0.717) is 0 Å². The third kappa shape index (κ3) is 5.24. The van der Waals surface area contributed by atoms with E-state index >= 15 is 0 Å². The van der Waals surface area contributed by atoms with Gasteiger partial charge in [0, 0.05) is 17.7 Å². The molecule has 0 unspecified atom stereocenters. The lowest BCUT2D eigenvalue weighted by molar-refractivity contribution is -0.384. The van der Waals surface area contributed by atoms with Crippen LogP contribution in [-0.4, -0.2) is 21.7 Å². The molecule has 0 saturated carbocycles. The number of halogens is 2. The fourth-order valence-corrected chi connectivity index (χ4v) is 2.88. The number of rotatable bonds is 7. The number of nitro groups is 2. The number of carbonyl (C=O) groups excluding carboxylic acids is 2. The number of para-hydroxylation sites is 4. The minimum atomic E-state index is -1.35. The van der Waals surface area contributed by atoms with E-state index in [0.717, 1.165) is 36.4 Å². The van der Waals surface area contributed by atoms with Gasteiger partial charge in [-0.15, -0.1) is 0 Å². The number of carbonyl (C=O) groups is 2. The van der Waals surface area contributed by atoms with Gasteiger partial charge in [0.2, 0.25) is 0 Å². The molecule has 12 heteroatoms. The summed E-state index contributed by atoms with van der Waals surface area (Å²) in [6.07, 6.45) is 0.729. The highest BCUT2D eigenvalue weighted by atomic mass is 19.2. The molecule has 2 N–H and O–H groups in total. The van der Waals surface area contributed by atoms with Crippen molar-refractivity contribution in [2.75, 3.05) is 10.6 Å². The van der Waals surface area contributed by atoms with Gasteiger partial charge in [0.1, 0.15) is 16.9 Å². The van der Waals surface area contributed by atoms with Gasteiger partial charge in [-0.3, -0.25) is 29.8 Å². The van der Waals surface area contributed by atoms with Gasteiger partial charge in [-0.25, -0.2) is 8.78 Å². The second-order valence-electron chi connectivity index (χ2n) is 6.66. The number of hydrogen-bond acceptors (Lipinski definition) is 6. The number of amides is 2. The fourth-order valence-electron chi connectivity index (χ4n) is 2.88. The van der Waals surface area contributed by atoms with Crippen molar-refractivity contribution in [3.05, 3.63) is 110 Å². The van der Waals surface area contributed by atoms with Crippen LogP contribution < -0.4 is 10.6 Å². The van der Waals surface area contributed by atoms with Gasteiger partial charge in [0.25, 0.3) is 23.2 Å². The van der Waals surface area contributed by atoms with Crippen LogP contribution in [0.4, 0.5) is 31.5 Å². The Labute approximate surface area is 189 Å². The second-order valence-corrected chi connectivity index (χ2v) is 6.66. The molecule has 0 heterocycles. The quantitative estimate of drug-likeness (QED) is 0.172. The van der Waals surface area contributed by atoms with Crippen molar-refractivity contribution in [3.8, 4) is 0 Å². The molecule has 0 saturated heterocycles.